The van der Waals surface area contributed by atoms with Crippen LogP contribution in [-0.4, -0.2) is 50.9 Å². The number of anilines is 3. The number of hydrogen-bond donors (Lipinski definition) is 3. The van der Waals surface area contributed by atoms with Gasteiger partial charge < -0.3 is 25.2 Å². The van der Waals surface area contributed by atoms with Crippen molar-refractivity contribution < 1.29 is 19.7 Å². The van der Waals surface area contributed by atoms with Gasteiger partial charge in [-0.2, -0.15) is 0 Å². The number of carbonyl (C=O) groups is 1. The lowest BCUT2D eigenvalue weighted by Gasteiger charge is -2.36. The molecule has 34 heavy (non-hydrogen) atoms. The zero-order chi connectivity index (χ0) is 24.3. The van der Waals surface area contributed by atoms with Crippen LogP contribution in [0.5, 0.6) is 6.01 Å². The summed E-state index contributed by atoms with van der Waals surface area (Å²) in [5, 5.41) is 23.6. The van der Waals surface area contributed by atoms with E-state index < -0.39 is 11.6 Å². The average Bonchev–Trinajstić information content (AvgIpc) is 3.49. The van der Waals surface area contributed by atoms with Crippen molar-refractivity contribution >= 4 is 23.0 Å². The summed E-state index contributed by atoms with van der Waals surface area (Å²) < 4.78 is 5.65. The molecule has 2 aromatic rings. The van der Waals surface area contributed by atoms with E-state index in [-0.39, 0.29) is 18.4 Å². The van der Waals surface area contributed by atoms with Gasteiger partial charge in [-0.05, 0) is 75.5 Å². The Balaban J connectivity index is 1.62. The largest absolute Gasteiger partial charge is 0.481 e. The van der Waals surface area contributed by atoms with Crippen molar-refractivity contribution in [2.75, 3.05) is 23.4 Å². The Morgan fingerprint density at radius 3 is 2.62 bits per heavy atom. The molecule has 1 aliphatic carbocycles. The Labute approximate surface area is 201 Å². The van der Waals surface area contributed by atoms with Gasteiger partial charge in [-0.25, -0.2) is 9.97 Å². The van der Waals surface area contributed by atoms with E-state index in [0.717, 1.165) is 48.4 Å². The normalized spacial score (nSPS) is 19.2. The van der Waals surface area contributed by atoms with Crippen molar-refractivity contribution in [3.8, 4) is 6.01 Å². The first kappa shape index (κ1) is 24.3. The quantitative estimate of drug-likeness (QED) is 0.435. The molecule has 2 fully saturated rings. The van der Waals surface area contributed by atoms with E-state index in [1.807, 2.05) is 39.0 Å². The van der Waals surface area contributed by atoms with Crippen LogP contribution < -0.4 is 15.0 Å². The molecular weight excluding hydrogens is 432 g/mol. The second kappa shape index (κ2) is 10.2. The van der Waals surface area contributed by atoms with Crippen molar-refractivity contribution in [3.63, 3.8) is 0 Å². The number of carboxylic acids is 1. The minimum absolute atomic E-state index is 0.00524. The third-order valence-electron chi connectivity index (χ3n) is 6.84. The van der Waals surface area contributed by atoms with Crippen LogP contribution in [0, 0.1) is 5.92 Å². The third-order valence-corrected chi connectivity index (χ3v) is 6.84. The van der Waals surface area contributed by atoms with Gasteiger partial charge in [0.25, 0.3) is 0 Å². The van der Waals surface area contributed by atoms with Gasteiger partial charge in [0, 0.05) is 6.54 Å². The van der Waals surface area contributed by atoms with Crippen molar-refractivity contribution in [3.05, 3.63) is 36.2 Å². The fourth-order valence-corrected chi connectivity index (χ4v) is 4.74. The topological polar surface area (TPSA) is 108 Å². The van der Waals surface area contributed by atoms with Crippen molar-refractivity contribution in [1.29, 1.82) is 0 Å². The highest BCUT2D eigenvalue weighted by Crippen LogP contribution is 2.39. The van der Waals surface area contributed by atoms with E-state index in [9.17, 15) is 15.0 Å². The van der Waals surface area contributed by atoms with E-state index in [0.29, 0.717) is 18.5 Å². The maximum absolute atomic E-state index is 11.4. The molecule has 8 nitrogen and oxygen atoms in total. The molecule has 184 valence electrons. The van der Waals surface area contributed by atoms with E-state index in [2.05, 4.69) is 20.2 Å². The summed E-state index contributed by atoms with van der Waals surface area (Å²) in [5.41, 5.74) is 2.69. The second-order valence-corrected chi connectivity index (χ2v) is 10.1. The fraction of sp³-hybridized carbons (Fsp3) is 0.577. The number of ether oxygens (including phenoxy) is 1. The van der Waals surface area contributed by atoms with Crippen LogP contribution in [0.3, 0.4) is 0 Å². The number of aliphatic hydroxyl groups is 1. The predicted octanol–water partition coefficient (Wildman–Crippen LogP) is 4.72. The molecule has 1 aliphatic heterocycles. The first-order valence-electron chi connectivity index (χ1n) is 12.3. The molecule has 2 atom stereocenters. The van der Waals surface area contributed by atoms with Crippen LogP contribution >= 0.6 is 0 Å². The fourth-order valence-electron chi connectivity index (χ4n) is 4.74. The lowest BCUT2D eigenvalue weighted by atomic mass is 9.92. The minimum Gasteiger partial charge on any atom is -0.481 e. The lowest BCUT2D eigenvalue weighted by Crippen LogP contribution is -2.46. The lowest BCUT2D eigenvalue weighted by molar-refractivity contribution is -0.137. The predicted molar refractivity (Wildman–Crippen MR) is 132 cm³/mol. The average molecular weight is 469 g/mol. The van der Waals surface area contributed by atoms with Gasteiger partial charge in [0.1, 0.15) is 0 Å². The Morgan fingerprint density at radius 1 is 1.26 bits per heavy atom. The molecule has 4 rings (SSSR count). The van der Waals surface area contributed by atoms with Gasteiger partial charge in [0.2, 0.25) is 0 Å². The molecule has 3 N–H and O–H groups in total. The highest BCUT2D eigenvalue weighted by atomic mass is 16.5. The Bertz CT molecular complexity index is 985. The summed E-state index contributed by atoms with van der Waals surface area (Å²) in [6.45, 7) is 7.22. The zero-order valence-electron chi connectivity index (χ0n) is 20.3. The molecule has 0 bridgehead atoms. The van der Waals surface area contributed by atoms with Crippen LogP contribution in [0.1, 0.15) is 70.8 Å². The molecule has 1 saturated heterocycles. The Hall–Kier alpha value is -2.87. The number of aliphatic carboxylic acids is 1. The summed E-state index contributed by atoms with van der Waals surface area (Å²) in [7, 11) is 0. The van der Waals surface area contributed by atoms with Gasteiger partial charge in [-0.1, -0.05) is 13.0 Å². The highest BCUT2D eigenvalue weighted by molar-refractivity contribution is 5.77. The summed E-state index contributed by atoms with van der Waals surface area (Å²) in [6.07, 6.45) is 8.57. The van der Waals surface area contributed by atoms with Crippen LogP contribution in [0.4, 0.5) is 17.1 Å². The molecule has 0 radical (unpaired) electrons. The summed E-state index contributed by atoms with van der Waals surface area (Å²) in [6, 6.07) is 6.46. The van der Waals surface area contributed by atoms with E-state index in [1.54, 1.807) is 12.4 Å². The van der Waals surface area contributed by atoms with Gasteiger partial charge in [0.15, 0.2) is 0 Å². The molecule has 2 aliphatic rings. The molecule has 1 aromatic carbocycles. The van der Waals surface area contributed by atoms with Crippen LogP contribution in [0.2, 0.25) is 0 Å². The summed E-state index contributed by atoms with van der Waals surface area (Å²) >= 11 is 0. The highest BCUT2D eigenvalue weighted by Gasteiger charge is 2.37. The number of nitrogens with one attached hydrogen (secondary N) is 1. The molecule has 0 amide bonds. The van der Waals surface area contributed by atoms with Gasteiger partial charge in [-0.3, -0.25) is 4.79 Å². The molecule has 1 aromatic heterocycles. The van der Waals surface area contributed by atoms with Crippen LogP contribution in [0.15, 0.2) is 30.6 Å². The van der Waals surface area contributed by atoms with Gasteiger partial charge in [0.05, 0.1) is 54.1 Å². The number of hydrogen-bond acceptors (Lipinski definition) is 7. The first-order chi connectivity index (χ1) is 16.2. The number of aromatic nitrogens is 2. The van der Waals surface area contributed by atoms with Gasteiger partial charge >= 0.3 is 12.0 Å². The molecular formula is C26H36N4O4. The zero-order valence-corrected chi connectivity index (χ0v) is 20.3. The van der Waals surface area contributed by atoms with Crippen molar-refractivity contribution in [2.24, 2.45) is 5.92 Å². The Morgan fingerprint density at radius 2 is 2.00 bits per heavy atom. The maximum Gasteiger partial charge on any atom is 0.316 e. The van der Waals surface area contributed by atoms with E-state index >= 15 is 0 Å². The molecule has 1 saturated carbocycles. The standard InChI is InChI=1S/C26H36N4O4/c1-4-18(13-24(31)32)19-9-10-22(30-11-5-6-23(30)26(2,3)33)21(12-19)29-20-14-27-25(28-15-20)34-16-17-7-8-17/h9-10,12,14-15,17-18,23,29,33H,4-8,11,13,16H2,1-3H3,(H,31,32). The number of nitrogens with zero attached hydrogens (tertiary/aromatic N) is 3. The van der Waals surface area contributed by atoms with Gasteiger partial charge in [-0.15, -0.1) is 0 Å². The smallest absolute Gasteiger partial charge is 0.316 e. The Kier molecular flexibility index (Phi) is 7.26. The number of carboxylic acid groups (broad SMARTS) is 1. The van der Waals surface area contributed by atoms with Crippen molar-refractivity contribution in [2.45, 2.75) is 76.9 Å². The van der Waals surface area contributed by atoms with Crippen LogP contribution in [0.25, 0.3) is 0 Å². The van der Waals surface area contributed by atoms with E-state index in [1.165, 1.54) is 12.8 Å². The SMILES string of the molecule is CCC(CC(=O)O)c1ccc(N2CCCC2C(C)(C)O)c(Nc2cnc(OCC3CC3)nc2)c1. The minimum atomic E-state index is -0.842. The monoisotopic (exact) mass is 468 g/mol. The summed E-state index contributed by atoms with van der Waals surface area (Å²) in [4.78, 5) is 22.3. The maximum atomic E-state index is 11.4. The third kappa shape index (κ3) is 5.97. The molecule has 0 spiro atoms. The van der Waals surface area contributed by atoms with Crippen LogP contribution in [-0.2, 0) is 4.79 Å². The van der Waals surface area contributed by atoms with E-state index in [4.69, 9.17) is 4.74 Å². The molecule has 8 heteroatoms. The first-order valence-corrected chi connectivity index (χ1v) is 12.3. The second-order valence-electron chi connectivity index (χ2n) is 10.1. The number of benzene rings is 1. The number of rotatable bonds is 11. The molecule has 2 unspecified atom stereocenters. The molecule has 2 heterocycles. The summed E-state index contributed by atoms with van der Waals surface area (Å²) in [5.74, 6) is -0.249. The van der Waals surface area contributed by atoms with Crippen molar-refractivity contribution in [1.82, 2.24) is 9.97 Å².